The molecular weight excluding hydrogens is 261 g/mol. The molecule has 1 heterocycles. The van der Waals surface area contributed by atoms with Crippen molar-refractivity contribution in [3.05, 3.63) is 29.8 Å². The monoisotopic (exact) mass is 277 g/mol. The van der Waals surface area contributed by atoms with Gasteiger partial charge in [0.1, 0.15) is 11.3 Å². The second kappa shape index (κ2) is 4.56. The summed E-state index contributed by atoms with van der Waals surface area (Å²) in [5.74, 6) is -0.631. The van der Waals surface area contributed by atoms with Crippen LogP contribution in [0.5, 0.6) is 0 Å². The van der Waals surface area contributed by atoms with E-state index in [2.05, 4.69) is 15.3 Å². The Morgan fingerprint density at radius 1 is 1.60 bits per heavy atom. The maximum Gasteiger partial charge on any atom is 0.254 e. The summed E-state index contributed by atoms with van der Waals surface area (Å²) in [6.45, 7) is 1.67. The van der Waals surface area contributed by atoms with Gasteiger partial charge >= 0.3 is 0 Å². The van der Waals surface area contributed by atoms with Crippen LogP contribution in [0.3, 0.4) is 0 Å². The molecule has 1 aromatic heterocycles. The average Bonchev–Trinajstić information content (AvgIpc) is 3.18. The van der Waals surface area contributed by atoms with Gasteiger partial charge in [0.05, 0.1) is 29.6 Å². The van der Waals surface area contributed by atoms with Gasteiger partial charge in [0.15, 0.2) is 0 Å². The van der Waals surface area contributed by atoms with Crippen LogP contribution in [0.15, 0.2) is 18.5 Å². The molecule has 1 unspecified atom stereocenters. The molecule has 1 fully saturated rings. The number of benzene rings is 1. The normalized spacial score (nSPS) is 17.9. The summed E-state index contributed by atoms with van der Waals surface area (Å²) in [5.41, 5.74) is 0.431. The zero-order chi connectivity index (χ0) is 14.3. The van der Waals surface area contributed by atoms with E-state index < -0.39 is 17.3 Å². The van der Waals surface area contributed by atoms with E-state index in [9.17, 15) is 14.3 Å². The third-order valence-corrected chi connectivity index (χ3v) is 3.94. The van der Waals surface area contributed by atoms with Gasteiger partial charge in [0.25, 0.3) is 5.91 Å². The van der Waals surface area contributed by atoms with Crippen LogP contribution in [0, 0.1) is 11.7 Å². The summed E-state index contributed by atoms with van der Waals surface area (Å²) in [7, 11) is 0. The third kappa shape index (κ3) is 2.16. The Morgan fingerprint density at radius 2 is 2.35 bits per heavy atom. The maximum atomic E-state index is 13.5. The van der Waals surface area contributed by atoms with Crippen LogP contribution >= 0.6 is 0 Å². The van der Waals surface area contributed by atoms with Crippen molar-refractivity contribution < 1.29 is 14.3 Å². The Morgan fingerprint density at radius 3 is 3.00 bits per heavy atom. The van der Waals surface area contributed by atoms with E-state index in [0.717, 1.165) is 12.8 Å². The van der Waals surface area contributed by atoms with Gasteiger partial charge in [-0.2, -0.15) is 0 Å². The van der Waals surface area contributed by atoms with Crippen LogP contribution in [0.4, 0.5) is 4.39 Å². The number of amides is 1. The van der Waals surface area contributed by atoms with Crippen molar-refractivity contribution in [2.75, 3.05) is 6.61 Å². The van der Waals surface area contributed by atoms with E-state index in [1.165, 1.54) is 18.5 Å². The van der Waals surface area contributed by atoms with Crippen LogP contribution in [0.2, 0.25) is 0 Å². The molecule has 6 heteroatoms. The van der Waals surface area contributed by atoms with Crippen LogP contribution in [0.1, 0.15) is 30.1 Å². The van der Waals surface area contributed by atoms with Crippen molar-refractivity contribution in [3.8, 4) is 0 Å². The second-order valence-corrected chi connectivity index (χ2v) is 5.56. The summed E-state index contributed by atoms with van der Waals surface area (Å²) < 4.78 is 13.5. The number of H-pyrrole nitrogens is 1. The predicted molar refractivity (Wildman–Crippen MR) is 71.7 cm³/mol. The van der Waals surface area contributed by atoms with E-state index in [4.69, 9.17) is 0 Å². The number of hydrogen-bond acceptors (Lipinski definition) is 3. The number of nitrogens with one attached hydrogen (secondary N) is 2. The van der Waals surface area contributed by atoms with E-state index >= 15 is 0 Å². The van der Waals surface area contributed by atoms with Crippen molar-refractivity contribution in [2.45, 2.75) is 25.3 Å². The summed E-state index contributed by atoms with van der Waals surface area (Å²) >= 11 is 0. The fourth-order valence-electron chi connectivity index (χ4n) is 2.51. The van der Waals surface area contributed by atoms with Crippen molar-refractivity contribution in [3.63, 3.8) is 0 Å². The van der Waals surface area contributed by atoms with Gasteiger partial charge in [-0.15, -0.1) is 0 Å². The lowest BCUT2D eigenvalue weighted by molar-refractivity contribution is 0.0825. The summed E-state index contributed by atoms with van der Waals surface area (Å²) in [4.78, 5) is 19.2. The maximum absolute atomic E-state index is 13.5. The minimum absolute atomic E-state index is 0.136. The van der Waals surface area contributed by atoms with Crippen LogP contribution in [-0.4, -0.2) is 33.1 Å². The molecule has 1 saturated carbocycles. The highest BCUT2D eigenvalue weighted by Crippen LogP contribution is 2.39. The minimum atomic E-state index is -0.661. The standard InChI is InChI=1S/C14H16FN3O2/c1-14(6-19,8-2-3-8)18-13(20)10-4-9(15)5-11-12(10)17-7-16-11/h4-5,7-8,19H,2-3,6H2,1H3,(H,16,17)(H,18,20). The molecule has 1 aliphatic carbocycles. The number of nitrogens with zero attached hydrogens (tertiary/aromatic N) is 1. The SMILES string of the molecule is CC(CO)(NC(=O)c1cc(F)cc2[nH]cnc12)C1CC1. The Balaban J connectivity index is 1.94. The lowest BCUT2D eigenvalue weighted by Crippen LogP contribution is -2.50. The molecule has 0 aliphatic heterocycles. The van der Waals surface area contributed by atoms with Crippen molar-refractivity contribution in [2.24, 2.45) is 5.92 Å². The number of imidazole rings is 1. The first-order valence-corrected chi connectivity index (χ1v) is 6.59. The molecule has 5 nitrogen and oxygen atoms in total. The Kier molecular flexibility index (Phi) is 2.97. The summed E-state index contributed by atoms with van der Waals surface area (Å²) in [6.07, 6.45) is 3.39. The van der Waals surface area contributed by atoms with Gasteiger partial charge in [-0.3, -0.25) is 4.79 Å². The molecule has 1 aromatic carbocycles. The fraction of sp³-hybridized carbons (Fsp3) is 0.429. The minimum Gasteiger partial charge on any atom is -0.394 e. The van der Waals surface area contributed by atoms with Crippen molar-refractivity contribution in [1.29, 1.82) is 0 Å². The number of fused-ring (bicyclic) bond motifs is 1. The third-order valence-electron chi connectivity index (χ3n) is 3.94. The second-order valence-electron chi connectivity index (χ2n) is 5.56. The van der Waals surface area contributed by atoms with Crippen molar-refractivity contribution in [1.82, 2.24) is 15.3 Å². The number of rotatable bonds is 4. The topological polar surface area (TPSA) is 78.0 Å². The van der Waals surface area contributed by atoms with E-state index in [1.54, 1.807) is 0 Å². The first kappa shape index (κ1) is 13.1. The van der Waals surface area contributed by atoms with Gasteiger partial charge in [-0.05, 0) is 37.8 Å². The highest BCUT2D eigenvalue weighted by Gasteiger charge is 2.42. The number of aliphatic hydroxyl groups is 1. The molecule has 0 radical (unpaired) electrons. The number of carbonyl (C=O) groups excluding carboxylic acids is 1. The molecule has 2 aromatic rings. The van der Waals surface area contributed by atoms with Gasteiger partial charge in [-0.25, -0.2) is 9.37 Å². The van der Waals surface area contributed by atoms with Crippen LogP contribution < -0.4 is 5.32 Å². The first-order chi connectivity index (χ1) is 9.53. The number of aromatic nitrogens is 2. The lowest BCUT2D eigenvalue weighted by Gasteiger charge is -2.28. The molecule has 0 spiro atoms. The van der Waals surface area contributed by atoms with Gasteiger partial charge in [-0.1, -0.05) is 0 Å². The van der Waals surface area contributed by atoms with E-state index in [0.29, 0.717) is 11.0 Å². The molecule has 0 saturated heterocycles. The lowest BCUT2D eigenvalue weighted by atomic mass is 9.96. The smallest absolute Gasteiger partial charge is 0.254 e. The number of halogens is 1. The zero-order valence-corrected chi connectivity index (χ0v) is 11.1. The molecule has 1 aliphatic rings. The molecule has 106 valence electrons. The van der Waals surface area contributed by atoms with Crippen LogP contribution in [0.25, 0.3) is 11.0 Å². The molecule has 1 amide bonds. The van der Waals surface area contributed by atoms with Gasteiger partial charge in [0, 0.05) is 0 Å². The Hall–Kier alpha value is -1.95. The highest BCUT2D eigenvalue weighted by atomic mass is 19.1. The van der Waals surface area contributed by atoms with E-state index in [-0.39, 0.29) is 18.1 Å². The molecular formula is C14H16FN3O2. The van der Waals surface area contributed by atoms with E-state index in [1.807, 2.05) is 6.92 Å². The van der Waals surface area contributed by atoms with Crippen LogP contribution in [-0.2, 0) is 0 Å². The average molecular weight is 277 g/mol. The highest BCUT2D eigenvalue weighted by molar-refractivity contribution is 6.05. The quantitative estimate of drug-likeness (QED) is 0.794. The molecule has 3 rings (SSSR count). The fourth-order valence-corrected chi connectivity index (χ4v) is 2.51. The number of carbonyl (C=O) groups is 1. The molecule has 1 atom stereocenters. The number of hydrogen-bond donors (Lipinski definition) is 3. The number of aromatic amines is 1. The van der Waals surface area contributed by atoms with Crippen molar-refractivity contribution >= 4 is 16.9 Å². The summed E-state index contributed by atoms with van der Waals surface area (Å²) in [6, 6.07) is 2.47. The molecule has 20 heavy (non-hydrogen) atoms. The zero-order valence-electron chi connectivity index (χ0n) is 11.1. The predicted octanol–water partition coefficient (Wildman–Crippen LogP) is 1.59. The molecule has 0 bridgehead atoms. The Labute approximate surface area is 115 Å². The largest absolute Gasteiger partial charge is 0.394 e. The molecule has 3 N–H and O–H groups in total. The van der Waals surface area contributed by atoms with Gasteiger partial charge < -0.3 is 15.4 Å². The Bertz CT molecular complexity index is 665. The first-order valence-electron chi connectivity index (χ1n) is 6.59. The van der Waals surface area contributed by atoms with Gasteiger partial charge in [0.2, 0.25) is 0 Å². The number of aliphatic hydroxyl groups excluding tert-OH is 1. The summed E-state index contributed by atoms with van der Waals surface area (Å²) in [5, 5.41) is 12.3.